The standard InChI is InChI=1S/C10H13ClF2N2/c1-5-3-6(2)15-9(11)7(5)4-8(14)10(12)13/h3,8,10H,4,14H2,1-2H3. The first-order valence-electron chi connectivity index (χ1n) is 4.58. The fraction of sp³-hybridized carbons (Fsp3) is 0.500. The summed E-state index contributed by atoms with van der Waals surface area (Å²) in [5, 5.41) is 0.267. The van der Waals surface area contributed by atoms with Gasteiger partial charge < -0.3 is 5.73 Å². The fourth-order valence-electron chi connectivity index (χ4n) is 1.39. The van der Waals surface area contributed by atoms with Gasteiger partial charge in [-0.15, -0.1) is 0 Å². The van der Waals surface area contributed by atoms with Crippen molar-refractivity contribution >= 4 is 11.6 Å². The summed E-state index contributed by atoms with van der Waals surface area (Å²) in [6.45, 7) is 3.61. The number of nitrogens with two attached hydrogens (primary N) is 1. The van der Waals surface area contributed by atoms with Crippen molar-refractivity contribution in [2.45, 2.75) is 32.7 Å². The van der Waals surface area contributed by atoms with Crippen LogP contribution in [0.1, 0.15) is 16.8 Å². The van der Waals surface area contributed by atoms with Gasteiger partial charge in [0, 0.05) is 5.69 Å². The van der Waals surface area contributed by atoms with Crippen LogP contribution in [0.3, 0.4) is 0 Å². The molecule has 1 atom stereocenters. The van der Waals surface area contributed by atoms with E-state index in [1.807, 2.05) is 6.92 Å². The highest BCUT2D eigenvalue weighted by Crippen LogP contribution is 2.21. The molecule has 1 aromatic rings. The minimum Gasteiger partial charge on any atom is -0.323 e. The highest BCUT2D eigenvalue weighted by Gasteiger charge is 2.18. The van der Waals surface area contributed by atoms with Crippen molar-refractivity contribution < 1.29 is 8.78 Å². The molecular weight excluding hydrogens is 222 g/mol. The van der Waals surface area contributed by atoms with Crippen LogP contribution in [0.2, 0.25) is 5.15 Å². The number of rotatable bonds is 3. The first-order chi connectivity index (χ1) is 6.91. The first kappa shape index (κ1) is 12.3. The second-order valence-electron chi connectivity index (χ2n) is 3.55. The highest BCUT2D eigenvalue weighted by atomic mass is 35.5. The van der Waals surface area contributed by atoms with Crippen LogP contribution in [-0.2, 0) is 6.42 Å². The van der Waals surface area contributed by atoms with Crippen molar-refractivity contribution in [1.29, 1.82) is 0 Å². The molecule has 0 aliphatic rings. The molecule has 0 saturated heterocycles. The summed E-state index contributed by atoms with van der Waals surface area (Å²) in [4.78, 5) is 4.01. The summed E-state index contributed by atoms with van der Waals surface area (Å²) >= 11 is 5.87. The van der Waals surface area contributed by atoms with Crippen molar-refractivity contribution in [3.05, 3.63) is 28.0 Å². The molecule has 0 bridgehead atoms. The average Bonchev–Trinajstić information content (AvgIpc) is 2.10. The van der Waals surface area contributed by atoms with E-state index in [-0.39, 0.29) is 11.6 Å². The van der Waals surface area contributed by atoms with Crippen molar-refractivity contribution in [2.24, 2.45) is 5.73 Å². The number of aromatic nitrogens is 1. The maximum atomic E-state index is 12.3. The van der Waals surface area contributed by atoms with Crippen molar-refractivity contribution in [1.82, 2.24) is 4.98 Å². The quantitative estimate of drug-likeness (QED) is 0.817. The van der Waals surface area contributed by atoms with E-state index in [0.717, 1.165) is 11.3 Å². The first-order valence-corrected chi connectivity index (χ1v) is 4.96. The smallest absolute Gasteiger partial charge is 0.253 e. The molecule has 0 spiro atoms. The van der Waals surface area contributed by atoms with Crippen LogP contribution >= 0.6 is 11.6 Å². The highest BCUT2D eigenvalue weighted by molar-refractivity contribution is 6.30. The SMILES string of the molecule is Cc1cc(C)c(CC(N)C(F)F)c(Cl)n1. The molecule has 2 N–H and O–H groups in total. The summed E-state index contributed by atoms with van der Waals surface area (Å²) < 4.78 is 24.5. The zero-order chi connectivity index (χ0) is 11.6. The van der Waals surface area contributed by atoms with Gasteiger partial charge >= 0.3 is 0 Å². The molecule has 0 aliphatic heterocycles. The summed E-state index contributed by atoms with van der Waals surface area (Å²) in [5.41, 5.74) is 7.52. The van der Waals surface area contributed by atoms with Crippen LogP contribution in [0, 0.1) is 13.8 Å². The molecule has 1 aromatic heterocycles. The van der Waals surface area contributed by atoms with E-state index in [4.69, 9.17) is 17.3 Å². The Balaban J connectivity index is 2.95. The van der Waals surface area contributed by atoms with Crippen LogP contribution in [0.5, 0.6) is 0 Å². The lowest BCUT2D eigenvalue weighted by molar-refractivity contribution is 0.116. The van der Waals surface area contributed by atoms with E-state index in [1.54, 1.807) is 13.0 Å². The molecule has 0 radical (unpaired) electrons. The van der Waals surface area contributed by atoms with E-state index < -0.39 is 12.5 Å². The summed E-state index contributed by atoms with van der Waals surface area (Å²) in [6.07, 6.45) is -2.49. The maximum Gasteiger partial charge on any atom is 0.253 e. The van der Waals surface area contributed by atoms with Gasteiger partial charge in [0.05, 0.1) is 6.04 Å². The normalized spacial score (nSPS) is 13.3. The lowest BCUT2D eigenvalue weighted by Gasteiger charge is -2.13. The number of nitrogens with zero attached hydrogens (tertiary/aromatic N) is 1. The third kappa shape index (κ3) is 3.11. The Bertz CT molecular complexity index is 332. The predicted molar refractivity (Wildman–Crippen MR) is 56.4 cm³/mol. The predicted octanol–water partition coefficient (Wildman–Crippen LogP) is 2.49. The summed E-state index contributed by atoms with van der Waals surface area (Å²) in [6, 6.07) is 0.616. The molecule has 0 saturated carbocycles. The minimum absolute atomic E-state index is 0.0512. The van der Waals surface area contributed by atoms with Crippen LogP contribution in [-0.4, -0.2) is 17.5 Å². The zero-order valence-corrected chi connectivity index (χ0v) is 9.35. The van der Waals surface area contributed by atoms with Gasteiger partial charge in [0.2, 0.25) is 0 Å². The van der Waals surface area contributed by atoms with Crippen LogP contribution in [0.15, 0.2) is 6.07 Å². The molecule has 0 amide bonds. The Hall–Kier alpha value is -0.740. The van der Waals surface area contributed by atoms with Gasteiger partial charge in [0.25, 0.3) is 6.43 Å². The second-order valence-corrected chi connectivity index (χ2v) is 3.91. The fourth-order valence-corrected chi connectivity index (χ4v) is 1.75. The van der Waals surface area contributed by atoms with Gasteiger partial charge in [-0.3, -0.25) is 0 Å². The zero-order valence-electron chi connectivity index (χ0n) is 8.60. The monoisotopic (exact) mass is 234 g/mol. The minimum atomic E-state index is -2.54. The van der Waals surface area contributed by atoms with Crippen LogP contribution in [0.25, 0.3) is 0 Å². The second kappa shape index (κ2) is 4.86. The molecule has 0 aromatic carbocycles. The summed E-state index contributed by atoms with van der Waals surface area (Å²) in [7, 11) is 0. The largest absolute Gasteiger partial charge is 0.323 e. The molecule has 5 heteroatoms. The lowest BCUT2D eigenvalue weighted by atomic mass is 10.0. The maximum absolute atomic E-state index is 12.3. The van der Waals surface area contributed by atoms with Gasteiger partial charge in [-0.25, -0.2) is 13.8 Å². The van der Waals surface area contributed by atoms with E-state index in [9.17, 15) is 8.78 Å². The van der Waals surface area contributed by atoms with Gasteiger partial charge in [0.1, 0.15) is 5.15 Å². The van der Waals surface area contributed by atoms with E-state index in [0.29, 0.717) is 5.56 Å². The van der Waals surface area contributed by atoms with Gasteiger partial charge in [-0.1, -0.05) is 11.6 Å². The lowest BCUT2D eigenvalue weighted by Crippen LogP contribution is -2.31. The molecule has 1 rings (SSSR count). The Kier molecular flexibility index (Phi) is 3.99. The Morgan fingerprint density at radius 2 is 2.07 bits per heavy atom. The number of aryl methyl sites for hydroxylation is 2. The number of hydrogen-bond donors (Lipinski definition) is 1. The van der Waals surface area contributed by atoms with Crippen LogP contribution in [0.4, 0.5) is 8.78 Å². The third-order valence-corrected chi connectivity index (χ3v) is 2.50. The van der Waals surface area contributed by atoms with Crippen molar-refractivity contribution in [2.75, 3.05) is 0 Å². The number of hydrogen-bond acceptors (Lipinski definition) is 2. The van der Waals surface area contributed by atoms with Gasteiger partial charge in [-0.05, 0) is 37.5 Å². The van der Waals surface area contributed by atoms with Crippen molar-refractivity contribution in [3.63, 3.8) is 0 Å². The molecule has 1 unspecified atom stereocenters. The molecule has 0 aliphatic carbocycles. The molecule has 84 valence electrons. The average molecular weight is 235 g/mol. The van der Waals surface area contributed by atoms with Gasteiger partial charge in [-0.2, -0.15) is 0 Å². The van der Waals surface area contributed by atoms with Gasteiger partial charge in [0.15, 0.2) is 0 Å². The van der Waals surface area contributed by atoms with E-state index >= 15 is 0 Å². The molecule has 15 heavy (non-hydrogen) atoms. The Morgan fingerprint density at radius 1 is 1.47 bits per heavy atom. The number of pyridine rings is 1. The van der Waals surface area contributed by atoms with E-state index in [1.165, 1.54) is 0 Å². The molecule has 1 heterocycles. The summed E-state index contributed by atoms with van der Waals surface area (Å²) in [5.74, 6) is 0. The Labute approximate surface area is 92.4 Å². The molecular formula is C10H13ClF2N2. The Morgan fingerprint density at radius 3 is 2.53 bits per heavy atom. The topological polar surface area (TPSA) is 38.9 Å². The van der Waals surface area contributed by atoms with E-state index in [2.05, 4.69) is 4.98 Å². The van der Waals surface area contributed by atoms with Crippen molar-refractivity contribution in [3.8, 4) is 0 Å². The van der Waals surface area contributed by atoms with Crippen LogP contribution < -0.4 is 5.73 Å². The third-order valence-electron chi connectivity index (χ3n) is 2.19. The number of halogens is 3. The molecule has 2 nitrogen and oxygen atoms in total. The number of alkyl halides is 2. The molecule has 0 fully saturated rings.